The Bertz CT molecular complexity index is 1160. The number of esters is 1. The molecule has 1 N–H and O–H groups in total. The highest BCUT2D eigenvalue weighted by Crippen LogP contribution is 2.23. The van der Waals surface area contributed by atoms with E-state index in [-0.39, 0.29) is 11.5 Å². The fraction of sp³-hybridized carbons (Fsp3) is 0.136. The molecule has 0 amide bonds. The summed E-state index contributed by atoms with van der Waals surface area (Å²) < 4.78 is 11.0. The molecule has 0 radical (unpaired) electrons. The van der Waals surface area contributed by atoms with Gasteiger partial charge in [0.15, 0.2) is 11.8 Å². The lowest BCUT2D eigenvalue weighted by Crippen LogP contribution is -2.24. The minimum absolute atomic E-state index is 0.0671. The SMILES string of the molecule is Cc1oc(-c2ccccc2)nc1C(=O)O[C@@H](C)C(=O)c1c[nH]c2ccccc12. The average molecular weight is 374 g/mol. The number of H-pyrrole nitrogens is 1. The second-order valence-corrected chi connectivity index (χ2v) is 6.45. The molecule has 4 rings (SSSR count). The van der Waals surface area contributed by atoms with Crippen LogP contribution in [-0.2, 0) is 4.74 Å². The molecular weight excluding hydrogens is 356 g/mol. The number of oxazole rings is 1. The maximum Gasteiger partial charge on any atom is 0.361 e. The molecule has 0 unspecified atom stereocenters. The molecule has 4 aromatic rings. The number of hydrogen-bond acceptors (Lipinski definition) is 5. The van der Waals surface area contributed by atoms with Crippen molar-refractivity contribution in [3.63, 3.8) is 0 Å². The van der Waals surface area contributed by atoms with Crippen LogP contribution in [0.15, 0.2) is 65.2 Å². The second-order valence-electron chi connectivity index (χ2n) is 6.45. The number of aryl methyl sites for hydroxylation is 1. The van der Waals surface area contributed by atoms with Crippen molar-refractivity contribution in [3.05, 3.63) is 77.8 Å². The van der Waals surface area contributed by atoms with E-state index >= 15 is 0 Å². The first kappa shape index (κ1) is 17.7. The third-order valence-electron chi connectivity index (χ3n) is 4.52. The molecule has 2 heterocycles. The number of carbonyl (C=O) groups is 2. The van der Waals surface area contributed by atoms with E-state index in [0.29, 0.717) is 17.2 Å². The lowest BCUT2D eigenvalue weighted by Gasteiger charge is -2.11. The Kier molecular flexibility index (Phi) is 4.53. The Morgan fingerprint density at radius 2 is 1.79 bits per heavy atom. The minimum Gasteiger partial charge on any atom is -0.449 e. The molecule has 0 aliphatic carbocycles. The summed E-state index contributed by atoms with van der Waals surface area (Å²) in [5.74, 6) is -0.296. The van der Waals surface area contributed by atoms with Gasteiger partial charge < -0.3 is 14.1 Å². The number of rotatable bonds is 5. The Morgan fingerprint density at radius 3 is 2.57 bits per heavy atom. The molecule has 0 aliphatic rings. The number of nitrogens with zero attached hydrogens (tertiary/aromatic N) is 1. The number of hydrogen-bond donors (Lipinski definition) is 1. The van der Waals surface area contributed by atoms with Gasteiger partial charge in [-0.05, 0) is 32.0 Å². The van der Waals surface area contributed by atoms with E-state index in [1.807, 2.05) is 54.6 Å². The molecule has 0 aliphatic heterocycles. The summed E-state index contributed by atoms with van der Waals surface area (Å²) >= 11 is 0. The van der Waals surface area contributed by atoms with Crippen molar-refractivity contribution >= 4 is 22.7 Å². The monoisotopic (exact) mass is 374 g/mol. The van der Waals surface area contributed by atoms with Gasteiger partial charge in [0.05, 0.1) is 0 Å². The van der Waals surface area contributed by atoms with Gasteiger partial charge in [-0.3, -0.25) is 4.79 Å². The molecular formula is C22H18N2O4. The summed E-state index contributed by atoms with van der Waals surface area (Å²) in [4.78, 5) is 32.6. The zero-order valence-corrected chi connectivity index (χ0v) is 15.4. The van der Waals surface area contributed by atoms with Crippen LogP contribution in [0.1, 0.15) is 33.5 Å². The van der Waals surface area contributed by atoms with E-state index in [9.17, 15) is 9.59 Å². The zero-order valence-electron chi connectivity index (χ0n) is 15.4. The predicted molar refractivity (Wildman–Crippen MR) is 104 cm³/mol. The van der Waals surface area contributed by atoms with Crippen molar-refractivity contribution in [1.82, 2.24) is 9.97 Å². The number of para-hydroxylation sites is 1. The summed E-state index contributed by atoms with van der Waals surface area (Å²) in [7, 11) is 0. The van der Waals surface area contributed by atoms with Gasteiger partial charge in [-0.25, -0.2) is 9.78 Å². The standard InChI is InChI=1S/C22H18N2O4/c1-13-19(24-21(27-13)15-8-4-3-5-9-15)22(26)28-14(2)20(25)17-12-23-18-11-7-6-10-16(17)18/h3-12,14,23H,1-2H3/t14-/m0/s1. The third kappa shape index (κ3) is 3.20. The molecule has 6 nitrogen and oxygen atoms in total. The third-order valence-corrected chi connectivity index (χ3v) is 4.52. The van der Waals surface area contributed by atoms with Gasteiger partial charge in [-0.2, -0.15) is 0 Å². The van der Waals surface area contributed by atoms with Gasteiger partial charge in [0, 0.05) is 28.2 Å². The number of benzene rings is 2. The number of fused-ring (bicyclic) bond motifs is 1. The Morgan fingerprint density at radius 1 is 1.07 bits per heavy atom. The lowest BCUT2D eigenvalue weighted by atomic mass is 10.1. The highest BCUT2D eigenvalue weighted by molar-refractivity contribution is 6.10. The lowest BCUT2D eigenvalue weighted by molar-refractivity contribution is 0.0312. The summed E-state index contributed by atoms with van der Waals surface area (Å²) in [5.41, 5.74) is 2.16. The fourth-order valence-corrected chi connectivity index (χ4v) is 3.05. The second kappa shape index (κ2) is 7.15. The van der Waals surface area contributed by atoms with Gasteiger partial charge in [0.1, 0.15) is 5.76 Å². The van der Waals surface area contributed by atoms with Gasteiger partial charge >= 0.3 is 5.97 Å². The van der Waals surface area contributed by atoms with Crippen molar-refractivity contribution in [2.24, 2.45) is 0 Å². The molecule has 28 heavy (non-hydrogen) atoms. The number of nitrogens with one attached hydrogen (secondary N) is 1. The summed E-state index contributed by atoms with van der Waals surface area (Å²) in [6.07, 6.45) is 0.676. The predicted octanol–water partition coefficient (Wildman–Crippen LogP) is 4.56. The number of Topliss-reactive ketones (excluding diaryl/α,β-unsaturated/α-hetero) is 1. The first-order chi connectivity index (χ1) is 13.5. The number of aromatic amines is 1. The normalized spacial score (nSPS) is 12.1. The van der Waals surface area contributed by atoms with Crippen LogP contribution < -0.4 is 0 Å². The van der Waals surface area contributed by atoms with Crippen molar-refractivity contribution in [2.75, 3.05) is 0 Å². The van der Waals surface area contributed by atoms with Crippen molar-refractivity contribution < 1.29 is 18.7 Å². The average Bonchev–Trinajstić information content (AvgIpc) is 3.32. The van der Waals surface area contributed by atoms with Gasteiger partial charge in [-0.1, -0.05) is 36.4 Å². The Labute approximate surface area is 161 Å². The van der Waals surface area contributed by atoms with Gasteiger partial charge in [0.2, 0.25) is 11.7 Å². The van der Waals surface area contributed by atoms with Crippen LogP contribution in [0.2, 0.25) is 0 Å². The van der Waals surface area contributed by atoms with E-state index in [2.05, 4.69) is 9.97 Å². The van der Waals surface area contributed by atoms with Crippen LogP contribution in [-0.4, -0.2) is 27.8 Å². The first-order valence-corrected chi connectivity index (χ1v) is 8.88. The smallest absolute Gasteiger partial charge is 0.361 e. The van der Waals surface area contributed by atoms with Crippen molar-refractivity contribution in [2.45, 2.75) is 20.0 Å². The Hall–Kier alpha value is -3.67. The topological polar surface area (TPSA) is 85.2 Å². The first-order valence-electron chi connectivity index (χ1n) is 8.88. The number of aromatic nitrogens is 2. The van der Waals surface area contributed by atoms with E-state index < -0.39 is 12.1 Å². The quantitative estimate of drug-likeness (QED) is 0.409. The molecule has 0 bridgehead atoms. The van der Waals surface area contributed by atoms with E-state index in [0.717, 1.165) is 16.5 Å². The fourth-order valence-electron chi connectivity index (χ4n) is 3.05. The molecule has 2 aromatic carbocycles. The van der Waals surface area contributed by atoms with Gasteiger partial charge in [-0.15, -0.1) is 0 Å². The number of ether oxygens (including phenoxy) is 1. The van der Waals surface area contributed by atoms with Crippen LogP contribution in [0.25, 0.3) is 22.4 Å². The number of carbonyl (C=O) groups excluding carboxylic acids is 2. The van der Waals surface area contributed by atoms with Crippen LogP contribution in [0, 0.1) is 6.92 Å². The van der Waals surface area contributed by atoms with Crippen LogP contribution in [0.3, 0.4) is 0 Å². The molecule has 0 spiro atoms. The summed E-state index contributed by atoms with van der Waals surface area (Å²) in [5, 5.41) is 0.791. The Balaban J connectivity index is 1.53. The van der Waals surface area contributed by atoms with E-state index in [1.54, 1.807) is 20.0 Å². The maximum absolute atomic E-state index is 12.8. The highest BCUT2D eigenvalue weighted by Gasteiger charge is 2.26. The van der Waals surface area contributed by atoms with E-state index in [4.69, 9.17) is 9.15 Å². The largest absolute Gasteiger partial charge is 0.449 e. The molecule has 0 fully saturated rings. The van der Waals surface area contributed by atoms with E-state index in [1.165, 1.54) is 0 Å². The van der Waals surface area contributed by atoms with Crippen LogP contribution in [0.4, 0.5) is 0 Å². The summed E-state index contributed by atoms with van der Waals surface area (Å²) in [6, 6.07) is 16.7. The highest BCUT2D eigenvalue weighted by atomic mass is 16.5. The maximum atomic E-state index is 12.8. The van der Waals surface area contributed by atoms with Gasteiger partial charge in [0.25, 0.3) is 0 Å². The molecule has 2 aromatic heterocycles. The van der Waals surface area contributed by atoms with Crippen LogP contribution in [0.5, 0.6) is 0 Å². The minimum atomic E-state index is -0.956. The molecule has 1 atom stereocenters. The number of ketones is 1. The van der Waals surface area contributed by atoms with Crippen molar-refractivity contribution in [3.8, 4) is 11.5 Å². The zero-order chi connectivity index (χ0) is 19.7. The molecule has 6 heteroatoms. The van der Waals surface area contributed by atoms with Crippen molar-refractivity contribution in [1.29, 1.82) is 0 Å². The molecule has 0 saturated carbocycles. The molecule has 0 saturated heterocycles. The van der Waals surface area contributed by atoms with Crippen LogP contribution >= 0.6 is 0 Å². The molecule has 140 valence electrons. The summed E-state index contributed by atoms with van der Waals surface area (Å²) in [6.45, 7) is 3.19.